The molecule has 0 aliphatic carbocycles. The molecule has 244 valence electrons. The molecule has 3 heteroatoms. The third-order valence-electron chi connectivity index (χ3n) is 11.4. The summed E-state index contributed by atoms with van der Waals surface area (Å²) in [5.41, 5.74) is 22.9. The first-order valence-corrected chi connectivity index (χ1v) is 18.0. The van der Waals surface area contributed by atoms with E-state index in [1.807, 2.05) is 0 Å². The summed E-state index contributed by atoms with van der Waals surface area (Å²) in [5.74, 6) is 1.87. The van der Waals surface area contributed by atoms with Crippen LogP contribution in [-0.2, 0) is 0 Å². The Hall–Kier alpha value is -5.80. The van der Waals surface area contributed by atoms with Crippen molar-refractivity contribution in [2.24, 2.45) is 0 Å². The van der Waals surface area contributed by atoms with Crippen LogP contribution in [0.15, 0.2) is 121 Å². The van der Waals surface area contributed by atoms with Crippen LogP contribution in [0, 0.1) is 41.5 Å². The van der Waals surface area contributed by atoms with Crippen LogP contribution in [-0.4, -0.2) is 11.3 Å². The van der Waals surface area contributed by atoms with Crippen molar-refractivity contribution in [1.82, 2.24) is 4.57 Å². The Morgan fingerprint density at radius 2 is 1.12 bits per heavy atom. The molecule has 0 fully saturated rings. The molecular weight excluding hydrogens is 617 g/mol. The van der Waals surface area contributed by atoms with E-state index in [4.69, 9.17) is 4.74 Å². The van der Waals surface area contributed by atoms with Gasteiger partial charge in [0.25, 0.3) is 6.71 Å². The number of nitrogens with zero attached hydrogens (tertiary/aromatic N) is 1. The van der Waals surface area contributed by atoms with Gasteiger partial charge in [0.05, 0.1) is 5.52 Å². The van der Waals surface area contributed by atoms with E-state index in [-0.39, 0.29) is 6.71 Å². The SMILES string of the molecule is Cc1cc(C)c(-c2ccc3c(c2)c2cc(-c4c(C)cc(C)cc4C)cc4c2n3-c2cccc3c2B4c2ccc(-c4ccccc4)cc2O3)c(C)c1. The topological polar surface area (TPSA) is 14.2 Å². The van der Waals surface area contributed by atoms with Gasteiger partial charge in [-0.15, -0.1) is 0 Å². The standard InChI is InChI=1S/C48H38BNO/c1-27-19-29(3)45(30(4)20-27)35-16-18-41-37(23-35)38-24-36(46-31(5)21-28(2)22-32(46)6)25-40-48(38)50(41)42-13-10-14-43-47(42)49(40)39-17-15-34(26-44(39)51-43)33-11-8-7-9-12-33/h7-26H,1-6H3. The lowest BCUT2D eigenvalue weighted by Crippen LogP contribution is -2.58. The monoisotopic (exact) mass is 655 g/mol. The van der Waals surface area contributed by atoms with Gasteiger partial charge in [-0.2, -0.15) is 0 Å². The second-order valence-electron chi connectivity index (χ2n) is 14.9. The molecule has 10 rings (SSSR count). The van der Waals surface area contributed by atoms with Crippen LogP contribution >= 0.6 is 0 Å². The van der Waals surface area contributed by atoms with Crippen LogP contribution in [0.4, 0.5) is 0 Å². The molecule has 3 heterocycles. The molecule has 51 heavy (non-hydrogen) atoms. The third-order valence-corrected chi connectivity index (χ3v) is 11.4. The fraction of sp³-hybridized carbons (Fsp3) is 0.125. The van der Waals surface area contributed by atoms with Crippen LogP contribution in [0.25, 0.3) is 60.9 Å². The average Bonchev–Trinajstić information content (AvgIpc) is 3.43. The summed E-state index contributed by atoms with van der Waals surface area (Å²) >= 11 is 0. The van der Waals surface area contributed by atoms with Crippen molar-refractivity contribution in [2.75, 3.05) is 0 Å². The Morgan fingerprint density at radius 1 is 0.471 bits per heavy atom. The molecule has 2 aliphatic rings. The first kappa shape index (κ1) is 30.1. The van der Waals surface area contributed by atoms with E-state index in [1.165, 1.54) is 105 Å². The van der Waals surface area contributed by atoms with Crippen molar-refractivity contribution in [3.63, 3.8) is 0 Å². The number of rotatable bonds is 3. The molecule has 0 atom stereocenters. The van der Waals surface area contributed by atoms with E-state index in [2.05, 4.69) is 167 Å². The van der Waals surface area contributed by atoms with Gasteiger partial charge >= 0.3 is 0 Å². The van der Waals surface area contributed by atoms with Gasteiger partial charge < -0.3 is 9.30 Å². The molecule has 0 unspecified atom stereocenters. The molecule has 1 aromatic heterocycles. The summed E-state index contributed by atoms with van der Waals surface area (Å²) in [6.07, 6.45) is 0. The van der Waals surface area contributed by atoms with Crippen molar-refractivity contribution < 1.29 is 4.74 Å². The quantitative estimate of drug-likeness (QED) is 0.173. The first-order chi connectivity index (χ1) is 24.7. The summed E-state index contributed by atoms with van der Waals surface area (Å²) in [5, 5.41) is 2.58. The number of ether oxygens (including phenoxy) is 1. The van der Waals surface area contributed by atoms with Crippen LogP contribution < -0.4 is 21.1 Å². The van der Waals surface area contributed by atoms with E-state index in [9.17, 15) is 0 Å². The van der Waals surface area contributed by atoms with Crippen molar-refractivity contribution in [2.45, 2.75) is 41.5 Å². The van der Waals surface area contributed by atoms with Gasteiger partial charge in [-0.25, -0.2) is 0 Å². The molecule has 0 N–H and O–H groups in total. The van der Waals surface area contributed by atoms with Crippen LogP contribution in [0.5, 0.6) is 11.5 Å². The lowest BCUT2D eigenvalue weighted by atomic mass is 9.34. The molecular formula is C48H38BNO. The van der Waals surface area contributed by atoms with Crippen LogP contribution in [0.2, 0.25) is 0 Å². The molecule has 0 amide bonds. The van der Waals surface area contributed by atoms with Crippen molar-refractivity contribution in [3.05, 3.63) is 155 Å². The van der Waals surface area contributed by atoms with Crippen LogP contribution in [0.1, 0.15) is 33.4 Å². The van der Waals surface area contributed by atoms with Crippen LogP contribution in [0.3, 0.4) is 0 Å². The summed E-state index contributed by atoms with van der Waals surface area (Å²) in [4.78, 5) is 0. The van der Waals surface area contributed by atoms with E-state index >= 15 is 0 Å². The Balaban J connectivity index is 1.31. The second-order valence-corrected chi connectivity index (χ2v) is 14.9. The van der Waals surface area contributed by atoms with E-state index in [0.29, 0.717) is 0 Å². The summed E-state index contributed by atoms with van der Waals surface area (Å²) in [7, 11) is 0. The minimum absolute atomic E-state index is 0.0381. The summed E-state index contributed by atoms with van der Waals surface area (Å²) in [6, 6.07) is 45.3. The predicted octanol–water partition coefficient (Wildman–Crippen LogP) is 10.6. The van der Waals surface area contributed by atoms with Gasteiger partial charge in [0.2, 0.25) is 0 Å². The highest BCUT2D eigenvalue weighted by Gasteiger charge is 2.40. The average molecular weight is 656 g/mol. The van der Waals surface area contributed by atoms with Crippen molar-refractivity contribution in [1.29, 1.82) is 0 Å². The predicted molar refractivity (Wildman–Crippen MR) is 217 cm³/mol. The lowest BCUT2D eigenvalue weighted by molar-refractivity contribution is 0.487. The number of hydrogen-bond donors (Lipinski definition) is 0. The van der Waals surface area contributed by atoms with Gasteiger partial charge in [-0.1, -0.05) is 96.1 Å². The zero-order chi connectivity index (χ0) is 34.7. The maximum absolute atomic E-state index is 6.85. The largest absolute Gasteiger partial charge is 0.458 e. The highest BCUT2D eigenvalue weighted by Crippen LogP contribution is 2.42. The number of hydrogen-bond acceptors (Lipinski definition) is 1. The minimum Gasteiger partial charge on any atom is -0.458 e. The van der Waals surface area contributed by atoms with Gasteiger partial charge in [0, 0.05) is 22.0 Å². The van der Waals surface area contributed by atoms with Gasteiger partial charge in [-0.3, -0.25) is 0 Å². The highest BCUT2D eigenvalue weighted by atomic mass is 16.5. The first-order valence-electron chi connectivity index (χ1n) is 18.0. The fourth-order valence-electron chi connectivity index (χ4n) is 9.59. The van der Waals surface area contributed by atoms with Gasteiger partial charge in [-0.05, 0) is 150 Å². The fourth-order valence-corrected chi connectivity index (χ4v) is 9.59. The normalized spacial score (nSPS) is 12.6. The maximum Gasteiger partial charge on any atom is 0.256 e. The third kappa shape index (κ3) is 4.37. The molecule has 7 aromatic carbocycles. The number of benzene rings is 7. The molecule has 0 saturated heterocycles. The molecule has 8 aromatic rings. The molecule has 0 radical (unpaired) electrons. The molecule has 0 bridgehead atoms. The minimum atomic E-state index is 0.0381. The Labute approximate surface area is 300 Å². The molecule has 2 aliphatic heterocycles. The Bertz CT molecular complexity index is 2740. The highest BCUT2D eigenvalue weighted by molar-refractivity contribution is 6.99. The molecule has 2 nitrogen and oxygen atoms in total. The maximum atomic E-state index is 6.85. The number of aryl methyl sites for hydroxylation is 6. The summed E-state index contributed by atoms with van der Waals surface area (Å²) < 4.78 is 9.36. The smallest absolute Gasteiger partial charge is 0.256 e. The second kappa shape index (κ2) is 10.9. The van der Waals surface area contributed by atoms with E-state index in [1.54, 1.807) is 0 Å². The number of fused-ring (bicyclic) bond motifs is 7. The number of aromatic nitrogens is 1. The summed E-state index contributed by atoms with van der Waals surface area (Å²) in [6.45, 7) is 13.4. The van der Waals surface area contributed by atoms with E-state index < -0.39 is 0 Å². The lowest BCUT2D eigenvalue weighted by Gasteiger charge is -2.33. The van der Waals surface area contributed by atoms with Gasteiger partial charge in [0.1, 0.15) is 11.5 Å². The van der Waals surface area contributed by atoms with Crippen molar-refractivity contribution in [3.8, 4) is 50.6 Å². The molecule has 0 spiro atoms. The molecule has 0 saturated carbocycles. The Kier molecular flexibility index (Phi) is 6.40. The zero-order valence-corrected chi connectivity index (χ0v) is 30.0. The zero-order valence-electron chi connectivity index (χ0n) is 30.0. The van der Waals surface area contributed by atoms with Crippen molar-refractivity contribution >= 4 is 44.9 Å². The van der Waals surface area contributed by atoms with Gasteiger partial charge in [0.15, 0.2) is 0 Å². The Morgan fingerprint density at radius 3 is 1.82 bits per heavy atom. The van der Waals surface area contributed by atoms with E-state index in [0.717, 1.165) is 17.1 Å².